The summed E-state index contributed by atoms with van der Waals surface area (Å²) in [4.78, 5) is 22.4. The Hall–Kier alpha value is -0.900. The van der Waals surface area contributed by atoms with Crippen molar-refractivity contribution in [2.75, 3.05) is 7.11 Å². The van der Waals surface area contributed by atoms with E-state index in [1.54, 1.807) is 0 Å². The van der Waals surface area contributed by atoms with Crippen LogP contribution in [0.15, 0.2) is 0 Å². The molecule has 4 heteroatoms. The molecule has 0 aromatic carbocycles. The third-order valence-electron chi connectivity index (χ3n) is 4.17. The van der Waals surface area contributed by atoms with Gasteiger partial charge in [0, 0.05) is 6.42 Å². The van der Waals surface area contributed by atoms with E-state index in [1.807, 2.05) is 0 Å². The number of carbonyl (C=O) groups is 2. The maximum Gasteiger partial charge on any atom is 0.313 e. The van der Waals surface area contributed by atoms with Crippen molar-refractivity contribution in [1.82, 2.24) is 0 Å². The second-order valence-electron chi connectivity index (χ2n) is 6.47. The first-order chi connectivity index (χ1) is 11.1. The minimum absolute atomic E-state index is 0.0624. The number of rotatable bonds is 16. The van der Waals surface area contributed by atoms with E-state index in [9.17, 15) is 14.7 Å². The van der Waals surface area contributed by atoms with Gasteiger partial charge in [0.15, 0.2) is 0 Å². The largest absolute Gasteiger partial charge is 0.469 e. The number of carbonyl (C=O) groups excluding carboxylic acids is 2. The highest BCUT2D eigenvalue weighted by Gasteiger charge is 2.14. The average molecular weight is 328 g/mol. The molecule has 0 bridgehead atoms. The summed E-state index contributed by atoms with van der Waals surface area (Å²) >= 11 is 0. The van der Waals surface area contributed by atoms with Gasteiger partial charge in [-0.3, -0.25) is 9.59 Å². The van der Waals surface area contributed by atoms with Crippen LogP contribution in [0.5, 0.6) is 0 Å². The molecule has 0 unspecified atom stereocenters. The van der Waals surface area contributed by atoms with Crippen LogP contribution < -0.4 is 0 Å². The zero-order valence-electron chi connectivity index (χ0n) is 15.1. The lowest BCUT2D eigenvalue weighted by Gasteiger charge is -2.09. The fourth-order valence-corrected chi connectivity index (χ4v) is 2.71. The lowest BCUT2D eigenvalue weighted by atomic mass is 10.0. The highest BCUT2D eigenvalue weighted by atomic mass is 16.5. The van der Waals surface area contributed by atoms with Crippen LogP contribution >= 0.6 is 0 Å². The van der Waals surface area contributed by atoms with Crippen molar-refractivity contribution < 1.29 is 19.4 Å². The van der Waals surface area contributed by atoms with Crippen molar-refractivity contribution in [3.05, 3.63) is 0 Å². The zero-order chi connectivity index (χ0) is 17.3. The van der Waals surface area contributed by atoms with Crippen LogP contribution in [-0.4, -0.2) is 30.1 Å². The van der Waals surface area contributed by atoms with Crippen LogP contribution in [0.2, 0.25) is 0 Å². The number of hydrogen-bond acceptors (Lipinski definition) is 4. The van der Waals surface area contributed by atoms with E-state index in [4.69, 9.17) is 0 Å². The molecule has 0 aromatic rings. The Morgan fingerprint density at radius 1 is 0.870 bits per heavy atom. The van der Waals surface area contributed by atoms with Gasteiger partial charge < -0.3 is 9.84 Å². The number of unbranched alkanes of at least 4 members (excludes halogenated alkanes) is 10. The van der Waals surface area contributed by atoms with Gasteiger partial charge in [0.05, 0.1) is 13.2 Å². The fraction of sp³-hybridized carbons (Fsp3) is 0.895. The standard InChI is InChI=1S/C19H36O4/c1-3-4-5-6-7-8-9-10-11-12-13-14-17(20)15-18(21)16-19(22)23-2/h17,20H,3-16H2,1-2H3/t17-/m1/s1. The number of aliphatic hydroxyl groups is 1. The van der Waals surface area contributed by atoms with E-state index >= 15 is 0 Å². The smallest absolute Gasteiger partial charge is 0.313 e. The molecule has 0 aliphatic carbocycles. The third-order valence-corrected chi connectivity index (χ3v) is 4.17. The van der Waals surface area contributed by atoms with Gasteiger partial charge in [-0.2, -0.15) is 0 Å². The number of esters is 1. The maximum atomic E-state index is 11.5. The second-order valence-corrected chi connectivity index (χ2v) is 6.47. The Kier molecular flexibility index (Phi) is 15.4. The first-order valence-corrected chi connectivity index (χ1v) is 9.36. The lowest BCUT2D eigenvalue weighted by Crippen LogP contribution is -2.16. The van der Waals surface area contributed by atoms with E-state index in [0.717, 1.165) is 12.8 Å². The van der Waals surface area contributed by atoms with Gasteiger partial charge in [-0.1, -0.05) is 77.6 Å². The van der Waals surface area contributed by atoms with E-state index in [-0.39, 0.29) is 18.6 Å². The zero-order valence-corrected chi connectivity index (χ0v) is 15.1. The maximum absolute atomic E-state index is 11.5. The lowest BCUT2D eigenvalue weighted by molar-refractivity contribution is -0.143. The molecule has 0 saturated heterocycles. The minimum Gasteiger partial charge on any atom is -0.469 e. The summed E-state index contributed by atoms with van der Waals surface area (Å²) in [6, 6.07) is 0. The molecule has 0 radical (unpaired) electrons. The van der Waals surface area contributed by atoms with Gasteiger partial charge in [-0.25, -0.2) is 0 Å². The van der Waals surface area contributed by atoms with Crippen LogP contribution in [0.3, 0.4) is 0 Å². The molecule has 4 nitrogen and oxygen atoms in total. The van der Waals surface area contributed by atoms with Gasteiger partial charge in [0.25, 0.3) is 0 Å². The summed E-state index contributed by atoms with van der Waals surface area (Å²) in [5.74, 6) is -0.774. The van der Waals surface area contributed by atoms with Crippen molar-refractivity contribution in [3.8, 4) is 0 Å². The highest BCUT2D eigenvalue weighted by molar-refractivity contribution is 5.95. The molecule has 1 N–H and O–H groups in total. The number of aliphatic hydroxyl groups excluding tert-OH is 1. The van der Waals surface area contributed by atoms with Gasteiger partial charge in [-0.15, -0.1) is 0 Å². The Bertz CT molecular complexity index is 302. The quantitative estimate of drug-likeness (QED) is 0.256. The monoisotopic (exact) mass is 328 g/mol. The van der Waals surface area contributed by atoms with E-state index in [2.05, 4.69) is 11.7 Å². The molecule has 136 valence electrons. The molecule has 0 aromatic heterocycles. The Morgan fingerprint density at radius 2 is 1.35 bits per heavy atom. The summed E-state index contributed by atoms with van der Waals surface area (Å²) < 4.78 is 4.43. The molecule has 0 aliphatic rings. The summed E-state index contributed by atoms with van der Waals surface area (Å²) in [5.41, 5.74) is 0. The van der Waals surface area contributed by atoms with E-state index in [1.165, 1.54) is 64.9 Å². The van der Waals surface area contributed by atoms with Crippen LogP contribution in [0.1, 0.15) is 96.8 Å². The number of methoxy groups -OCH3 is 1. The Morgan fingerprint density at radius 3 is 1.83 bits per heavy atom. The molecule has 0 saturated carbocycles. The van der Waals surface area contributed by atoms with Crippen molar-refractivity contribution in [2.24, 2.45) is 0 Å². The Labute approximate surface area is 142 Å². The van der Waals surface area contributed by atoms with Gasteiger partial charge >= 0.3 is 5.97 Å². The Balaban J connectivity index is 3.34. The SMILES string of the molecule is CCCCCCCCCCCCC[C@@H](O)CC(=O)CC(=O)OC. The summed E-state index contributed by atoms with van der Waals surface area (Å²) in [5, 5.41) is 9.78. The van der Waals surface area contributed by atoms with Crippen molar-refractivity contribution in [3.63, 3.8) is 0 Å². The number of hydrogen-bond donors (Lipinski definition) is 1. The van der Waals surface area contributed by atoms with Crippen molar-refractivity contribution in [2.45, 2.75) is 103 Å². The number of ketones is 1. The first kappa shape index (κ1) is 22.1. The van der Waals surface area contributed by atoms with Crippen LogP contribution in [0, 0.1) is 0 Å². The first-order valence-electron chi connectivity index (χ1n) is 9.36. The molecule has 1 atom stereocenters. The van der Waals surface area contributed by atoms with Crippen molar-refractivity contribution in [1.29, 1.82) is 0 Å². The molecular formula is C19H36O4. The summed E-state index contributed by atoms with van der Waals surface area (Å²) in [7, 11) is 1.26. The number of ether oxygens (including phenoxy) is 1. The van der Waals surface area contributed by atoms with Crippen LogP contribution in [0.25, 0.3) is 0 Å². The topological polar surface area (TPSA) is 63.6 Å². The predicted molar refractivity (Wildman–Crippen MR) is 93.3 cm³/mol. The number of Topliss-reactive ketones (excluding diaryl/α,β-unsaturated/α-hetero) is 1. The summed E-state index contributed by atoms with van der Waals surface area (Å²) in [6.07, 6.45) is 13.8. The minimum atomic E-state index is -0.620. The van der Waals surface area contributed by atoms with Crippen LogP contribution in [0.4, 0.5) is 0 Å². The third kappa shape index (κ3) is 15.8. The van der Waals surface area contributed by atoms with E-state index in [0.29, 0.717) is 6.42 Å². The van der Waals surface area contributed by atoms with Crippen LogP contribution in [-0.2, 0) is 14.3 Å². The van der Waals surface area contributed by atoms with Gasteiger partial charge in [-0.05, 0) is 6.42 Å². The molecule has 0 heterocycles. The van der Waals surface area contributed by atoms with Gasteiger partial charge in [0.2, 0.25) is 0 Å². The summed E-state index contributed by atoms with van der Waals surface area (Å²) in [6.45, 7) is 2.24. The van der Waals surface area contributed by atoms with E-state index < -0.39 is 12.1 Å². The second kappa shape index (κ2) is 16.0. The molecule has 0 amide bonds. The predicted octanol–water partition coefficient (Wildman–Crippen LogP) is 4.57. The fourth-order valence-electron chi connectivity index (χ4n) is 2.71. The molecule has 0 fully saturated rings. The normalized spacial score (nSPS) is 12.1. The highest BCUT2D eigenvalue weighted by Crippen LogP contribution is 2.13. The average Bonchev–Trinajstić information content (AvgIpc) is 2.52. The van der Waals surface area contributed by atoms with Crippen molar-refractivity contribution >= 4 is 11.8 Å². The molecule has 0 rings (SSSR count). The molecule has 23 heavy (non-hydrogen) atoms. The molecule has 0 spiro atoms. The molecular weight excluding hydrogens is 292 g/mol. The van der Waals surface area contributed by atoms with Gasteiger partial charge in [0.1, 0.15) is 12.2 Å². The molecule has 0 aliphatic heterocycles.